The number of nitrogens with zero attached hydrogens (tertiary/aromatic N) is 1. The molecule has 0 radical (unpaired) electrons. The molecule has 0 bridgehead atoms. The van der Waals surface area contributed by atoms with E-state index in [1.165, 1.54) is 20.5 Å². The molecule has 0 aliphatic heterocycles. The van der Waals surface area contributed by atoms with E-state index in [0.29, 0.717) is 6.42 Å². The van der Waals surface area contributed by atoms with Crippen molar-refractivity contribution in [2.24, 2.45) is 16.2 Å². The Morgan fingerprint density at radius 3 is 2.12 bits per heavy atom. The first-order valence-corrected chi connectivity index (χ1v) is 16.9. The summed E-state index contributed by atoms with van der Waals surface area (Å²) in [4.78, 5) is 21.0. The number of aromatic nitrogens is 1. The van der Waals surface area contributed by atoms with E-state index in [9.17, 15) is 4.79 Å². The molecule has 2 atom stereocenters. The molecule has 0 aliphatic carbocycles. The number of hydrogen-bond acceptors (Lipinski definition) is 6. The summed E-state index contributed by atoms with van der Waals surface area (Å²) in [5.74, 6) is -0.125. The number of thiophene rings is 1. The molecule has 2 aromatic heterocycles. The standard InChI is InChI=1S/C35H51NO2S3/c1-13-24-16-18-26(27(14-2)36-24)29-19-23-15-17-25(20-28(23)40-29)41-35(12,39)22-33(9,10)38-30(37)34(11,32(6,7)8)21-31(3,4)5/h15-20,39H,13-14,21-22H2,1-12H3. The van der Waals surface area contributed by atoms with Crippen LogP contribution >= 0.6 is 35.7 Å². The highest BCUT2D eigenvalue weighted by atomic mass is 32.2. The third kappa shape index (κ3) is 8.54. The average Bonchev–Trinajstić information content (AvgIpc) is 3.23. The maximum Gasteiger partial charge on any atom is 0.312 e. The number of carbonyl (C=O) groups is 1. The van der Waals surface area contributed by atoms with Crippen LogP contribution in [0.2, 0.25) is 0 Å². The molecule has 0 saturated carbocycles. The monoisotopic (exact) mass is 613 g/mol. The fourth-order valence-corrected chi connectivity index (χ4v) is 8.79. The Bertz CT molecular complexity index is 1370. The highest BCUT2D eigenvalue weighted by molar-refractivity contribution is 8.11. The van der Waals surface area contributed by atoms with E-state index >= 15 is 0 Å². The summed E-state index contributed by atoms with van der Waals surface area (Å²) in [5, 5.41) is 1.24. The maximum atomic E-state index is 13.7. The zero-order chi connectivity index (χ0) is 31.0. The molecule has 0 amide bonds. The molecule has 0 saturated heterocycles. The molecule has 3 rings (SSSR count). The first-order valence-electron chi connectivity index (χ1n) is 14.9. The van der Waals surface area contributed by atoms with Gasteiger partial charge in [0.1, 0.15) is 5.60 Å². The topological polar surface area (TPSA) is 39.2 Å². The number of aryl methyl sites for hydroxylation is 2. The summed E-state index contributed by atoms with van der Waals surface area (Å²) in [6.07, 6.45) is 3.23. The van der Waals surface area contributed by atoms with Gasteiger partial charge in [-0.25, -0.2) is 0 Å². The number of benzene rings is 1. The Morgan fingerprint density at radius 2 is 1.56 bits per heavy atom. The van der Waals surface area contributed by atoms with Gasteiger partial charge in [0.2, 0.25) is 0 Å². The lowest BCUT2D eigenvalue weighted by atomic mass is 9.61. The summed E-state index contributed by atoms with van der Waals surface area (Å²) in [6, 6.07) is 13.3. The molecular weight excluding hydrogens is 563 g/mol. The van der Waals surface area contributed by atoms with Gasteiger partial charge in [0.25, 0.3) is 0 Å². The number of carbonyl (C=O) groups excluding carboxylic acids is 1. The van der Waals surface area contributed by atoms with Gasteiger partial charge in [0.15, 0.2) is 0 Å². The Hall–Kier alpha value is -1.50. The van der Waals surface area contributed by atoms with Crippen LogP contribution in [0.5, 0.6) is 0 Å². The Balaban J connectivity index is 1.79. The molecule has 3 nitrogen and oxygen atoms in total. The first-order chi connectivity index (χ1) is 18.7. The number of thioether (sulfide) groups is 1. The molecule has 41 heavy (non-hydrogen) atoms. The van der Waals surface area contributed by atoms with Crippen molar-refractivity contribution >= 4 is 51.8 Å². The molecule has 6 heteroatoms. The number of fused-ring (bicyclic) bond motifs is 1. The molecule has 0 fully saturated rings. The van der Waals surface area contributed by atoms with Crippen LogP contribution in [0.25, 0.3) is 20.5 Å². The lowest BCUT2D eigenvalue weighted by Crippen LogP contribution is -2.47. The number of rotatable bonds is 10. The number of esters is 1. The molecule has 226 valence electrons. The van der Waals surface area contributed by atoms with E-state index < -0.39 is 15.1 Å². The molecule has 2 unspecified atom stereocenters. The van der Waals surface area contributed by atoms with Gasteiger partial charge in [-0.2, -0.15) is 12.6 Å². The van der Waals surface area contributed by atoms with E-state index in [-0.39, 0.29) is 16.8 Å². The van der Waals surface area contributed by atoms with Gasteiger partial charge in [0.05, 0.1) is 9.49 Å². The van der Waals surface area contributed by atoms with E-state index in [4.69, 9.17) is 22.3 Å². The van der Waals surface area contributed by atoms with Crippen LogP contribution in [0.15, 0.2) is 41.3 Å². The second kappa shape index (κ2) is 12.2. The Labute approximate surface area is 263 Å². The molecule has 3 aromatic rings. The van der Waals surface area contributed by atoms with Crippen LogP contribution < -0.4 is 0 Å². The second-order valence-electron chi connectivity index (χ2n) is 14.7. The van der Waals surface area contributed by atoms with E-state index in [1.54, 1.807) is 11.8 Å². The van der Waals surface area contributed by atoms with Crippen molar-refractivity contribution < 1.29 is 9.53 Å². The zero-order valence-electron chi connectivity index (χ0n) is 27.3. The van der Waals surface area contributed by atoms with Crippen molar-refractivity contribution in [2.45, 2.75) is 123 Å². The minimum atomic E-state index is -0.667. The van der Waals surface area contributed by atoms with Gasteiger partial charge in [-0.05, 0) is 93.5 Å². The average molecular weight is 614 g/mol. The first kappa shape index (κ1) is 34.0. The highest BCUT2D eigenvalue weighted by Crippen LogP contribution is 2.49. The lowest BCUT2D eigenvalue weighted by molar-refractivity contribution is -0.178. The second-order valence-corrected chi connectivity index (χ2v) is 18.7. The normalized spacial score (nSPS) is 15.9. The van der Waals surface area contributed by atoms with Crippen molar-refractivity contribution in [2.75, 3.05) is 0 Å². The quantitative estimate of drug-likeness (QED) is 0.107. The Kier molecular flexibility index (Phi) is 10.2. The van der Waals surface area contributed by atoms with Crippen LogP contribution in [0, 0.1) is 16.2 Å². The summed E-state index contributed by atoms with van der Waals surface area (Å²) in [6.45, 7) is 25.5. The molecule has 0 spiro atoms. The van der Waals surface area contributed by atoms with Gasteiger partial charge in [-0.1, -0.05) is 61.5 Å². The fraction of sp³-hybridized carbons (Fsp3) is 0.600. The van der Waals surface area contributed by atoms with Crippen molar-refractivity contribution in [3.8, 4) is 10.4 Å². The third-order valence-electron chi connectivity index (χ3n) is 7.94. The zero-order valence-corrected chi connectivity index (χ0v) is 29.8. The summed E-state index contributed by atoms with van der Waals surface area (Å²) >= 11 is 8.62. The molecular formula is C35H51NO2S3. The van der Waals surface area contributed by atoms with E-state index in [0.717, 1.165) is 35.5 Å². The summed E-state index contributed by atoms with van der Waals surface area (Å²) < 4.78 is 7.12. The van der Waals surface area contributed by atoms with Crippen molar-refractivity contribution in [1.29, 1.82) is 0 Å². The number of ether oxygens (including phenoxy) is 1. The molecule has 0 aliphatic rings. The Morgan fingerprint density at radius 1 is 0.902 bits per heavy atom. The van der Waals surface area contributed by atoms with Crippen LogP contribution in [0.1, 0.15) is 107 Å². The number of pyridine rings is 1. The fourth-order valence-electron chi connectivity index (χ4n) is 5.63. The summed E-state index contributed by atoms with van der Waals surface area (Å²) in [5.41, 5.74) is 2.05. The van der Waals surface area contributed by atoms with Crippen LogP contribution in [-0.2, 0) is 22.4 Å². The summed E-state index contributed by atoms with van der Waals surface area (Å²) in [7, 11) is 0. The van der Waals surface area contributed by atoms with E-state index in [1.807, 2.05) is 25.2 Å². The van der Waals surface area contributed by atoms with Gasteiger partial charge >= 0.3 is 5.97 Å². The largest absolute Gasteiger partial charge is 0.459 e. The van der Waals surface area contributed by atoms with Crippen molar-refractivity contribution in [3.63, 3.8) is 0 Å². The molecule has 2 heterocycles. The van der Waals surface area contributed by atoms with Gasteiger partial charge < -0.3 is 4.74 Å². The van der Waals surface area contributed by atoms with Gasteiger partial charge in [-0.15, -0.1) is 23.1 Å². The minimum Gasteiger partial charge on any atom is -0.459 e. The van der Waals surface area contributed by atoms with Crippen LogP contribution in [0.3, 0.4) is 0 Å². The van der Waals surface area contributed by atoms with Gasteiger partial charge in [0, 0.05) is 37.8 Å². The lowest BCUT2D eigenvalue weighted by Gasteiger charge is -2.45. The highest BCUT2D eigenvalue weighted by Gasteiger charge is 2.49. The van der Waals surface area contributed by atoms with Crippen LogP contribution in [-0.4, -0.2) is 20.6 Å². The predicted octanol–water partition coefficient (Wildman–Crippen LogP) is 11.0. The van der Waals surface area contributed by atoms with Crippen molar-refractivity contribution in [3.05, 3.63) is 47.8 Å². The SMILES string of the molecule is CCc1ccc(-c2cc3ccc(SC(C)(S)CC(C)(C)OC(=O)C(C)(CC(C)(C)C)C(C)(C)C)cc3s2)c(CC)n1. The predicted molar refractivity (Wildman–Crippen MR) is 183 cm³/mol. The third-order valence-corrected chi connectivity index (χ3v) is 10.6. The smallest absolute Gasteiger partial charge is 0.312 e. The van der Waals surface area contributed by atoms with Crippen molar-refractivity contribution in [1.82, 2.24) is 4.98 Å². The maximum absolute atomic E-state index is 13.7. The molecule has 1 aromatic carbocycles. The van der Waals surface area contributed by atoms with Crippen LogP contribution in [0.4, 0.5) is 0 Å². The number of hydrogen-bond donors (Lipinski definition) is 1. The molecule has 0 N–H and O–H groups in total. The minimum absolute atomic E-state index is 0.00693. The number of thiol groups is 1. The van der Waals surface area contributed by atoms with E-state index in [2.05, 4.69) is 106 Å². The van der Waals surface area contributed by atoms with Gasteiger partial charge in [-0.3, -0.25) is 9.78 Å².